The van der Waals surface area contributed by atoms with Gasteiger partial charge in [-0.1, -0.05) is 23.7 Å². The first-order chi connectivity index (χ1) is 11.9. The highest BCUT2D eigenvalue weighted by molar-refractivity contribution is 6.32. The van der Waals surface area contributed by atoms with Crippen LogP contribution in [0.25, 0.3) is 0 Å². The zero-order chi connectivity index (χ0) is 18.4. The Kier molecular flexibility index (Phi) is 6.14. The molecule has 25 heavy (non-hydrogen) atoms. The van der Waals surface area contributed by atoms with Gasteiger partial charge < -0.3 is 9.84 Å². The molecule has 2 aromatic carbocycles. The van der Waals surface area contributed by atoms with E-state index in [9.17, 15) is 9.59 Å². The van der Waals surface area contributed by atoms with Crippen LogP contribution in [0.5, 0.6) is 5.75 Å². The third-order valence-corrected chi connectivity index (χ3v) is 3.94. The summed E-state index contributed by atoms with van der Waals surface area (Å²) in [5, 5.41) is 13.3. The van der Waals surface area contributed by atoms with Gasteiger partial charge in [0.05, 0.1) is 11.8 Å². The lowest BCUT2D eigenvalue weighted by Crippen LogP contribution is -2.24. The van der Waals surface area contributed by atoms with Crippen molar-refractivity contribution in [3.63, 3.8) is 0 Å². The smallest absolute Gasteiger partial charge is 0.335 e. The maximum atomic E-state index is 11.7. The van der Waals surface area contributed by atoms with E-state index < -0.39 is 11.9 Å². The number of carbonyl (C=O) groups excluding carboxylic acids is 1. The predicted molar refractivity (Wildman–Crippen MR) is 95.6 cm³/mol. The van der Waals surface area contributed by atoms with Crippen LogP contribution < -0.4 is 10.2 Å². The highest BCUT2D eigenvalue weighted by atomic mass is 35.5. The van der Waals surface area contributed by atoms with Gasteiger partial charge in [0.15, 0.2) is 6.61 Å². The van der Waals surface area contributed by atoms with Crippen LogP contribution in [-0.4, -0.2) is 29.8 Å². The zero-order valence-electron chi connectivity index (χ0n) is 13.7. The van der Waals surface area contributed by atoms with Crippen molar-refractivity contribution in [3.8, 4) is 5.75 Å². The van der Waals surface area contributed by atoms with Crippen LogP contribution in [0, 0.1) is 13.8 Å². The summed E-state index contributed by atoms with van der Waals surface area (Å²) in [6.07, 6.45) is 1.42. The molecule has 6 nitrogen and oxygen atoms in total. The highest BCUT2D eigenvalue weighted by Gasteiger charge is 2.06. The molecule has 7 heteroatoms. The monoisotopic (exact) mass is 360 g/mol. The third kappa shape index (κ3) is 5.32. The van der Waals surface area contributed by atoms with Crippen LogP contribution in [0.15, 0.2) is 41.5 Å². The second-order valence-electron chi connectivity index (χ2n) is 5.38. The summed E-state index contributed by atoms with van der Waals surface area (Å²) >= 11 is 6.08. The van der Waals surface area contributed by atoms with E-state index >= 15 is 0 Å². The number of hydrogen-bond donors (Lipinski definition) is 2. The van der Waals surface area contributed by atoms with Crippen molar-refractivity contribution in [1.82, 2.24) is 5.43 Å². The molecule has 0 fully saturated rings. The third-order valence-electron chi connectivity index (χ3n) is 3.34. The lowest BCUT2D eigenvalue weighted by molar-refractivity contribution is -0.123. The lowest BCUT2D eigenvalue weighted by atomic mass is 10.1. The molecular weight excluding hydrogens is 344 g/mol. The normalized spacial score (nSPS) is 10.7. The molecule has 0 atom stereocenters. The van der Waals surface area contributed by atoms with Gasteiger partial charge in [-0.05, 0) is 54.8 Å². The van der Waals surface area contributed by atoms with Crippen LogP contribution in [0.4, 0.5) is 0 Å². The summed E-state index contributed by atoms with van der Waals surface area (Å²) in [6, 6.07) is 9.62. The van der Waals surface area contributed by atoms with Gasteiger partial charge in [0.25, 0.3) is 5.91 Å². The summed E-state index contributed by atoms with van der Waals surface area (Å²) in [4.78, 5) is 22.5. The molecular formula is C18H17ClN2O4. The molecule has 2 N–H and O–H groups in total. The summed E-state index contributed by atoms with van der Waals surface area (Å²) in [5.74, 6) is -0.854. The van der Waals surface area contributed by atoms with Crippen LogP contribution >= 0.6 is 11.6 Å². The zero-order valence-corrected chi connectivity index (χ0v) is 14.5. The van der Waals surface area contributed by atoms with Crippen molar-refractivity contribution in [2.24, 2.45) is 5.10 Å². The molecule has 0 bridgehead atoms. The number of aryl methyl sites for hydroxylation is 2. The fraction of sp³-hybridized carbons (Fsp3) is 0.167. The molecule has 0 unspecified atom stereocenters. The first-order valence-electron chi connectivity index (χ1n) is 7.41. The van der Waals surface area contributed by atoms with Crippen LogP contribution in [0.2, 0.25) is 5.02 Å². The molecule has 0 aliphatic carbocycles. The molecule has 0 heterocycles. The molecule has 0 aliphatic heterocycles. The van der Waals surface area contributed by atoms with Crippen LogP contribution in [0.3, 0.4) is 0 Å². The van der Waals surface area contributed by atoms with E-state index in [2.05, 4.69) is 10.5 Å². The fourth-order valence-electron chi connectivity index (χ4n) is 2.06. The Hall–Kier alpha value is -2.86. The Balaban J connectivity index is 1.85. The van der Waals surface area contributed by atoms with E-state index in [1.807, 2.05) is 13.8 Å². The molecule has 0 saturated carbocycles. The molecule has 1 amide bonds. The Morgan fingerprint density at radius 1 is 1.20 bits per heavy atom. The molecule has 0 radical (unpaired) electrons. The maximum Gasteiger partial charge on any atom is 0.335 e. The molecule has 0 spiro atoms. The van der Waals surface area contributed by atoms with Crippen molar-refractivity contribution in [3.05, 3.63) is 63.7 Å². The quantitative estimate of drug-likeness (QED) is 0.611. The van der Waals surface area contributed by atoms with E-state index in [4.69, 9.17) is 21.4 Å². The van der Waals surface area contributed by atoms with Gasteiger partial charge >= 0.3 is 5.97 Å². The van der Waals surface area contributed by atoms with Gasteiger partial charge in [-0.15, -0.1) is 0 Å². The topological polar surface area (TPSA) is 88.0 Å². The molecule has 130 valence electrons. The highest BCUT2D eigenvalue weighted by Crippen LogP contribution is 2.25. The second kappa shape index (κ2) is 8.30. The minimum atomic E-state index is -0.999. The number of amides is 1. The first kappa shape index (κ1) is 18.5. The summed E-state index contributed by atoms with van der Waals surface area (Å²) < 4.78 is 5.42. The Morgan fingerprint density at radius 3 is 2.36 bits per heavy atom. The number of hydrazone groups is 1. The van der Waals surface area contributed by atoms with Gasteiger partial charge in [-0.25, -0.2) is 10.2 Å². The number of nitrogens with one attached hydrogen (secondary N) is 1. The average Bonchev–Trinajstić information content (AvgIpc) is 2.58. The van der Waals surface area contributed by atoms with Gasteiger partial charge in [0.1, 0.15) is 5.75 Å². The number of hydrogen-bond acceptors (Lipinski definition) is 4. The molecule has 2 aromatic rings. The molecule has 0 aromatic heterocycles. The van der Waals surface area contributed by atoms with Crippen LogP contribution in [-0.2, 0) is 4.79 Å². The number of halogens is 1. The number of carboxylic acids is 1. The predicted octanol–water partition coefficient (Wildman–Crippen LogP) is 3.18. The van der Waals surface area contributed by atoms with E-state index in [0.717, 1.165) is 11.1 Å². The molecule has 0 saturated heterocycles. The van der Waals surface area contributed by atoms with Crippen LogP contribution in [0.1, 0.15) is 27.0 Å². The minimum Gasteiger partial charge on any atom is -0.484 e. The van der Waals surface area contributed by atoms with E-state index in [1.165, 1.54) is 18.3 Å². The van der Waals surface area contributed by atoms with E-state index in [-0.39, 0.29) is 12.2 Å². The summed E-state index contributed by atoms with van der Waals surface area (Å²) in [5.41, 5.74) is 4.94. The van der Waals surface area contributed by atoms with Crippen molar-refractivity contribution in [1.29, 1.82) is 0 Å². The molecule has 2 rings (SSSR count). The van der Waals surface area contributed by atoms with Gasteiger partial charge in [-0.3, -0.25) is 4.79 Å². The van der Waals surface area contributed by atoms with Gasteiger partial charge in [0.2, 0.25) is 0 Å². The Morgan fingerprint density at radius 2 is 1.80 bits per heavy atom. The lowest BCUT2D eigenvalue weighted by Gasteiger charge is -2.09. The number of ether oxygens (including phenoxy) is 1. The SMILES string of the molecule is Cc1cc(OCC(=O)N/N=C/c2ccc(C(=O)O)cc2)cc(C)c1Cl. The van der Waals surface area contributed by atoms with Gasteiger partial charge in [0, 0.05) is 5.02 Å². The number of carbonyl (C=O) groups is 2. The van der Waals surface area contributed by atoms with E-state index in [1.54, 1.807) is 24.3 Å². The van der Waals surface area contributed by atoms with Crippen molar-refractivity contribution >= 4 is 29.7 Å². The van der Waals surface area contributed by atoms with E-state index in [0.29, 0.717) is 16.3 Å². The van der Waals surface area contributed by atoms with Crippen molar-refractivity contribution in [2.75, 3.05) is 6.61 Å². The number of benzene rings is 2. The number of carboxylic acid groups (broad SMARTS) is 1. The van der Waals surface area contributed by atoms with Gasteiger partial charge in [-0.2, -0.15) is 5.10 Å². The average molecular weight is 361 g/mol. The fourth-order valence-corrected chi connectivity index (χ4v) is 2.17. The minimum absolute atomic E-state index is 0.183. The Labute approximate surface area is 150 Å². The van der Waals surface area contributed by atoms with Crippen molar-refractivity contribution in [2.45, 2.75) is 13.8 Å². The summed E-state index contributed by atoms with van der Waals surface area (Å²) in [6.45, 7) is 3.54. The van der Waals surface area contributed by atoms with Crippen molar-refractivity contribution < 1.29 is 19.4 Å². The first-order valence-corrected chi connectivity index (χ1v) is 7.79. The largest absolute Gasteiger partial charge is 0.484 e. The standard InChI is InChI=1S/C18H17ClN2O4/c1-11-7-15(8-12(2)17(11)19)25-10-16(22)21-20-9-13-3-5-14(6-4-13)18(23)24/h3-9H,10H2,1-2H3,(H,21,22)(H,23,24)/b20-9+. The number of nitrogens with zero attached hydrogens (tertiary/aromatic N) is 1. The molecule has 0 aliphatic rings. The maximum absolute atomic E-state index is 11.7. The second-order valence-corrected chi connectivity index (χ2v) is 5.76. The summed E-state index contributed by atoms with van der Waals surface area (Å²) in [7, 11) is 0. The number of rotatable bonds is 6. The number of aromatic carboxylic acids is 1. The Bertz CT molecular complexity index is 793.